The van der Waals surface area contributed by atoms with Gasteiger partial charge in [0.2, 0.25) is 0 Å². The summed E-state index contributed by atoms with van der Waals surface area (Å²) in [4.78, 5) is 22.5. The monoisotopic (exact) mass is 251 g/mol. The lowest BCUT2D eigenvalue weighted by molar-refractivity contribution is -0.115. The number of hydrogen-bond donors (Lipinski definition) is 2. The number of phenolic OH excluding ortho intramolecular Hbond substituents is 1. The molecule has 2 amide bonds. The van der Waals surface area contributed by atoms with Crippen LogP contribution >= 0.6 is 11.8 Å². The third-order valence-electron chi connectivity index (χ3n) is 2.16. The molecule has 6 heteroatoms. The molecule has 0 bridgehead atoms. The summed E-state index contributed by atoms with van der Waals surface area (Å²) < 4.78 is 5.01. The first-order valence-corrected chi connectivity index (χ1v) is 5.53. The van der Waals surface area contributed by atoms with Crippen molar-refractivity contribution in [3.05, 3.63) is 28.7 Å². The fraction of sp³-hybridized carbons (Fsp3) is 0.0909. The molecule has 0 atom stereocenters. The van der Waals surface area contributed by atoms with Gasteiger partial charge in [0, 0.05) is 5.56 Å². The number of benzene rings is 1. The Hall–Kier alpha value is -1.95. The van der Waals surface area contributed by atoms with Crippen LogP contribution in [0, 0.1) is 0 Å². The van der Waals surface area contributed by atoms with Crippen molar-refractivity contribution >= 4 is 29.0 Å². The average molecular weight is 251 g/mol. The summed E-state index contributed by atoms with van der Waals surface area (Å²) in [5.74, 6) is 0.123. The molecule has 1 fully saturated rings. The normalized spacial score (nSPS) is 17.4. The van der Waals surface area contributed by atoms with Gasteiger partial charge in [-0.25, -0.2) is 0 Å². The second-order valence-corrected chi connectivity index (χ2v) is 4.29. The minimum absolute atomic E-state index is 0.0195. The van der Waals surface area contributed by atoms with Gasteiger partial charge in [-0.15, -0.1) is 0 Å². The maximum Gasteiger partial charge on any atom is 0.290 e. The highest BCUT2D eigenvalue weighted by molar-refractivity contribution is 8.18. The molecule has 2 rings (SSSR count). The average Bonchev–Trinajstić information content (AvgIpc) is 2.60. The summed E-state index contributed by atoms with van der Waals surface area (Å²) in [6.45, 7) is 0. The van der Waals surface area contributed by atoms with Gasteiger partial charge in [0.25, 0.3) is 11.1 Å². The van der Waals surface area contributed by atoms with E-state index in [-0.39, 0.29) is 10.7 Å². The maximum atomic E-state index is 11.3. The van der Waals surface area contributed by atoms with Crippen LogP contribution in [0.3, 0.4) is 0 Å². The minimum atomic E-state index is -0.456. The lowest BCUT2D eigenvalue weighted by atomic mass is 10.1. The van der Waals surface area contributed by atoms with Gasteiger partial charge in [-0.2, -0.15) is 0 Å². The van der Waals surface area contributed by atoms with E-state index in [0.29, 0.717) is 11.3 Å². The number of nitrogens with one attached hydrogen (secondary N) is 1. The smallest absolute Gasteiger partial charge is 0.290 e. The van der Waals surface area contributed by atoms with Crippen LogP contribution < -0.4 is 10.1 Å². The summed E-state index contributed by atoms with van der Waals surface area (Å²) in [7, 11) is 1.50. The second kappa shape index (κ2) is 4.50. The van der Waals surface area contributed by atoms with E-state index >= 15 is 0 Å². The molecule has 1 aliphatic heterocycles. The summed E-state index contributed by atoms with van der Waals surface area (Å²) in [5, 5.41) is 11.3. The Morgan fingerprint density at radius 3 is 2.76 bits per heavy atom. The van der Waals surface area contributed by atoms with E-state index in [9.17, 15) is 14.7 Å². The molecule has 0 aliphatic carbocycles. The summed E-state index contributed by atoms with van der Waals surface area (Å²) in [6.07, 6.45) is 1.45. The number of ether oxygens (including phenoxy) is 1. The number of hydrogen-bond acceptors (Lipinski definition) is 5. The van der Waals surface area contributed by atoms with Crippen molar-refractivity contribution in [1.29, 1.82) is 0 Å². The zero-order chi connectivity index (χ0) is 12.4. The van der Waals surface area contributed by atoms with Crippen LogP contribution in [0.2, 0.25) is 0 Å². The third kappa shape index (κ3) is 2.42. The van der Waals surface area contributed by atoms with Gasteiger partial charge in [-0.05, 0) is 36.0 Å². The SMILES string of the molecule is COc1ccc(O)c(C=C2SC(=O)NC2=O)c1. The van der Waals surface area contributed by atoms with Crippen LogP contribution in [-0.4, -0.2) is 23.4 Å². The maximum absolute atomic E-state index is 11.3. The van der Waals surface area contributed by atoms with Crippen molar-refractivity contribution in [3.63, 3.8) is 0 Å². The van der Waals surface area contributed by atoms with Crippen LogP contribution in [0.25, 0.3) is 6.08 Å². The van der Waals surface area contributed by atoms with E-state index in [1.807, 2.05) is 0 Å². The van der Waals surface area contributed by atoms with Gasteiger partial charge >= 0.3 is 0 Å². The first-order valence-electron chi connectivity index (χ1n) is 4.72. The Balaban J connectivity index is 2.38. The van der Waals surface area contributed by atoms with Gasteiger partial charge in [-0.3, -0.25) is 14.9 Å². The molecule has 1 saturated heterocycles. The predicted molar refractivity (Wildman–Crippen MR) is 63.8 cm³/mol. The topological polar surface area (TPSA) is 75.6 Å². The number of methoxy groups -OCH3 is 1. The van der Waals surface area contributed by atoms with E-state index < -0.39 is 11.1 Å². The number of rotatable bonds is 2. The molecule has 0 aromatic heterocycles. The van der Waals surface area contributed by atoms with Crippen molar-refractivity contribution in [2.24, 2.45) is 0 Å². The molecule has 1 aliphatic rings. The van der Waals surface area contributed by atoms with Crippen LogP contribution in [-0.2, 0) is 4.79 Å². The highest BCUT2D eigenvalue weighted by Gasteiger charge is 2.25. The molecule has 5 nitrogen and oxygen atoms in total. The predicted octanol–water partition coefficient (Wildman–Crippen LogP) is 1.72. The number of imide groups is 1. The van der Waals surface area contributed by atoms with Gasteiger partial charge in [0.15, 0.2) is 0 Å². The number of phenols is 1. The number of aromatic hydroxyl groups is 1. The summed E-state index contributed by atoms with van der Waals surface area (Å²) >= 11 is 0.800. The quantitative estimate of drug-likeness (QED) is 0.783. The molecule has 88 valence electrons. The fourth-order valence-corrected chi connectivity index (χ4v) is 2.01. The number of thioether (sulfide) groups is 1. The Labute approximate surface area is 101 Å². The largest absolute Gasteiger partial charge is 0.507 e. The highest BCUT2D eigenvalue weighted by atomic mass is 32.2. The van der Waals surface area contributed by atoms with Crippen molar-refractivity contribution in [2.45, 2.75) is 0 Å². The molecule has 17 heavy (non-hydrogen) atoms. The molecule has 0 spiro atoms. The van der Waals surface area contributed by atoms with E-state index in [2.05, 4.69) is 5.32 Å². The molecule has 1 heterocycles. The van der Waals surface area contributed by atoms with E-state index in [1.165, 1.54) is 19.3 Å². The number of amides is 2. The zero-order valence-corrected chi connectivity index (χ0v) is 9.71. The van der Waals surface area contributed by atoms with Crippen molar-refractivity contribution in [2.75, 3.05) is 7.11 Å². The van der Waals surface area contributed by atoms with Gasteiger partial charge in [0.05, 0.1) is 12.0 Å². The molecule has 0 radical (unpaired) electrons. The van der Waals surface area contributed by atoms with Crippen molar-refractivity contribution in [3.8, 4) is 11.5 Å². The molecule has 1 aromatic rings. The fourth-order valence-electron chi connectivity index (χ4n) is 1.34. The van der Waals surface area contributed by atoms with Gasteiger partial charge in [0.1, 0.15) is 11.5 Å². The Kier molecular flexibility index (Phi) is 3.06. The first kappa shape index (κ1) is 11.5. The Bertz CT molecular complexity index is 524. The number of carbonyl (C=O) groups excluding carboxylic acids is 2. The molecular formula is C11H9NO4S. The molecule has 2 N–H and O–H groups in total. The van der Waals surface area contributed by atoms with Crippen LogP contribution in [0.1, 0.15) is 5.56 Å². The lowest BCUT2D eigenvalue weighted by Crippen LogP contribution is -2.17. The first-order chi connectivity index (χ1) is 8.10. The van der Waals surface area contributed by atoms with Crippen molar-refractivity contribution < 1.29 is 19.4 Å². The van der Waals surface area contributed by atoms with E-state index in [1.54, 1.807) is 12.1 Å². The van der Waals surface area contributed by atoms with Gasteiger partial charge < -0.3 is 9.84 Å². The second-order valence-electron chi connectivity index (χ2n) is 3.28. The van der Waals surface area contributed by atoms with Gasteiger partial charge in [-0.1, -0.05) is 0 Å². The summed E-state index contributed by atoms with van der Waals surface area (Å²) in [6, 6.07) is 4.65. The van der Waals surface area contributed by atoms with Crippen molar-refractivity contribution in [1.82, 2.24) is 5.32 Å². The highest BCUT2D eigenvalue weighted by Crippen LogP contribution is 2.30. The van der Waals surface area contributed by atoms with Crippen LogP contribution in [0.4, 0.5) is 4.79 Å². The molecule has 0 unspecified atom stereocenters. The Morgan fingerprint density at radius 1 is 1.41 bits per heavy atom. The third-order valence-corrected chi connectivity index (χ3v) is 2.97. The molecular weight excluding hydrogens is 242 g/mol. The Morgan fingerprint density at radius 2 is 2.18 bits per heavy atom. The number of carbonyl (C=O) groups is 2. The minimum Gasteiger partial charge on any atom is -0.507 e. The summed E-state index contributed by atoms with van der Waals surface area (Å²) in [5.41, 5.74) is 0.428. The van der Waals surface area contributed by atoms with E-state index in [0.717, 1.165) is 11.8 Å². The van der Waals surface area contributed by atoms with Crippen LogP contribution in [0.15, 0.2) is 23.1 Å². The molecule has 0 saturated carbocycles. The van der Waals surface area contributed by atoms with Crippen LogP contribution in [0.5, 0.6) is 11.5 Å². The zero-order valence-electron chi connectivity index (χ0n) is 8.89. The molecule has 1 aromatic carbocycles. The van der Waals surface area contributed by atoms with E-state index in [4.69, 9.17) is 4.74 Å². The lowest BCUT2D eigenvalue weighted by Gasteiger charge is -2.03. The standard InChI is InChI=1S/C11H9NO4S/c1-16-7-2-3-8(13)6(4-7)5-9-10(14)12-11(15)17-9/h2-5,13H,1H3,(H,12,14,15).